The van der Waals surface area contributed by atoms with Gasteiger partial charge in [0.15, 0.2) is 17.3 Å². The van der Waals surface area contributed by atoms with E-state index in [9.17, 15) is 0 Å². The first-order valence-corrected chi connectivity index (χ1v) is 10.9. The number of nitrogens with zero attached hydrogens (tertiary/aromatic N) is 6. The Balaban J connectivity index is 1.30. The van der Waals surface area contributed by atoms with E-state index < -0.39 is 0 Å². The molecule has 0 unspecified atom stereocenters. The highest BCUT2D eigenvalue weighted by atomic mass is 16.5. The fourth-order valence-corrected chi connectivity index (χ4v) is 4.40. The van der Waals surface area contributed by atoms with E-state index in [1.807, 2.05) is 12.1 Å². The van der Waals surface area contributed by atoms with E-state index in [1.165, 1.54) is 11.3 Å². The van der Waals surface area contributed by atoms with Crippen LogP contribution >= 0.6 is 0 Å². The van der Waals surface area contributed by atoms with Crippen LogP contribution in [0.4, 0.5) is 11.5 Å². The maximum absolute atomic E-state index is 5.54. The van der Waals surface area contributed by atoms with Crippen LogP contribution in [0.3, 0.4) is 0 Å². The molecule has 1 saturated carbocycles. The highest BCUT2D eigenvalue weighted by Gasteiger charge is 2.30. The molecule has 0 amide bonds. The predicted octanol–water partition coefficient (Wildman–Crippen LogP) is 4.19. The molecule has 2 aromatic carbocycles. The Bertz CT molecular complexity index is 1240. The first kappa shape index (κ1) is 18.3. The first-order valence-electron chi connectivity index (χ1n) is 10.9. The average molecular weight is 412 g/mol. The number of para-hydroxylation sites is 1. The largest absolute Gasteiger partial charge is 0.368 e. The van der Waals surface area contributed by atoms with Gasteiger partial charge in [-0.25, -0.2) is 0 Å². The van der Waals surface area contributed by atoms with E-state index in [2.05, 4.69) is 73.5 Å². The lowest BCUT2D eigenvalue weighted by Crippen LogP contribution is -2.47. The van der Waals surface area contributed by atoms with Gasteiger partial charge in [0, 0.05) is 48.6 Å². The lowest BCUT2D eigenvalue weighted by molar-refractivity contribution is 0.421. The van der Waals surface area contributed by atoms with E-state index in [0.717, 1.165) is 61.4 Å². The summed E-state index contributed by atoms with van der Waals surface area (Å²) in [6, 6.07) is 16.8. The second kappa shape index (κ2) is 7.34. The van der Waals surface area contributed by atoms with Gasteiger partial charge in [-0.1, -0.05) is 47.6 Å². The van der Waals surface area contributed by atoms with Crippen molar-refractivity contribution in [1.82, 2.24) is 20.3 Å². The average Bonchev–Trinajstić information content (AvgIpc) is 3.56. The molecular formula is C24H24N6O. The molecule has 0 bridgehead atoms. The number of hydrogen-bond acceptors (Lipinski definition) is 7. The maximum atomic E-state index is 5.54. The Morgan fingerprint density at radius 3 is 2.32 bits per heavy atom. The minimum Gasteiger partial charge on any atom is -0.368 e. The number of anilines is 2. The van der Waals surface area contributed by atoms with Crippen LogP contribution in [0, 0.1) is 6.92 Å². The number of benzene rings is 2. The standard InChI is InChI=1S/C24H24N6O/c1-16-6-2-5-9-20(16)29-12-14-30(15-13-29)23-19-8-4-3-7-18(19)21(26-27-23)24-25-22(28-31-24)17-10-11-17/h2-9,17H,10-15H2,1H3. The molecule has 7 nitrogen and oxygen atoms in total. The van der Waals surface area contributed by atoms with Crippen LogP contribution in [-0.2, 0) is 0 Å². The molecule has 3 heterocycles. The second-order valence-electron chi connectivity index (χ2n) is 8.41. The van der Waals surface area contributed by atoms with Gasteiger partial charge in [0.1, 0.15) is 0 Å². The summed E-state index contributed by atoms with van der Waals surface area (Å²) < 4.78 is 5.54. The molecule has 31 heavy (non-hydrogen) atoms. The van der Waals surface area contributed by atoms with Crippen molar-refractivity contribution in [1.29, 1.82) is 0 Å². The van der Waals surface area contributed by atoms with Gasteiger partial charge in [-0.2, -0.15) is 4.98 Å². The molecule has 0 spiro atoms. The number of fused-ring (bicyclic) bond motifs is 1. The normalized spacial score (nSPS) is 16.8. The van der Waals surface area contributed by atoms with Crippen LogP contribution in [0.5, 0.6) is 0 Å². The summed E-state index contributed by atoms with van der Waals surface area (Å²) in [5.74, 6) is 2.62. The minimum atomic E-state index is 0.445. The minimum absolute atomic E-state index is 0.445. The highest BCUT2D eigenvalue weighted by molar-refractivity contribution is 5.99. The number of aryl methyl sites for hydroxylation is 1. The highest BCUT2D eigenvalue weighted by Crippen LogP contribution is 2.39. The third-order valence-electron chi connectivity index (χ3n) is 6.29. The van der Waals surface area contributed by atoms with Crippen molar-refractivity contribution < 1.29 is 4.52 Å². The zero-order valence-electron chi connectivity index (χ0n) is 17.5. The third-order valence-corrected chi connectivity index (χ3v) is 6.29. The molecule has 2 fully saturated rings. The van der Waals surface area contributed by atoms with E-state index >= 15 is 0 Å². The smallest absolute Gasteiger partial charge is 0.279 e. The SMILES string of the molecule is Cc1ccccc1N1CCN(c2nnc(-c3nc(C4CC4)no3)c3ccccc23)CC1. The number of hydrogen-bond donors (Lipinski definition) is 0. The summed E-state index contributed by atoms with van der Waals surface area (Å²) in [5, 5.41) is 15.4. The quantitative estimate of drug-likeness (QED) is 0.498. The number of piperazine rings is 1. The molecule has 0 atom stereocenters. The van der Waals surface area contributed by atoms with Crippen LogP contribution in [-0.4, -0.2) is 46.5 Å². The molecule has 1 aliphatic carbocycles. The molecule has 1 aliphatic heterocycles. The summed E-state index contributed by atoms with van der Waals surface area (Å²) in [6.07, 6.45) is 2.28. The second-order valence-corrected chi connectivity index (χ2v) is 8.41. The Morgan fingerprint density at radius 1 is 0.839 bits per heavy atom. The zero-order valence-corrected chi connectivity index (χ0v) is 17.5. The number of rotatable bonds is 4. The van der Waals surface area contributed by atoms with Crippen LogP contribution in [0.15, 0.2) is 53.1 Å². The van der Waals surface area contributed by atoms with E-state index in [0.29, 0.717) is 17.5 Å². The Hall–Kier alpha value is -3.48. The molecule has 0 N–H and O–H groups in total. The summed E-state index contributed by atoms with van der Waals surface area (Å²) in [6.45, 7) is 5.89. The fraction of sp³-hybridized carbons (Fsp3) is 0.333. The summed E-state index contributed by atoms with van der Waals surface area (Å²) in [7, 11) is 0. The Labute approximate surface area is 180 Å². The van der Waals surface area contributed by atoms with Crippen LogP contribution in [0.2, 0.25) is 0 Å². The van der Waals surface area contributed by atoms with E-state index in [1.54, 1.807) is 0 Å². The Kier molecular flexibility index (Phi) is 4.33. The van der Waals surface area contributed by atoms with Gasteiger partial charge < -0.3 is 14.3 Å². The summed E-state index contributed by atoms with van der Waals surface area (Å²) in [4.78, 5) is 9.37. The summed E-state index contributed by atoms with van der Waals surface area (Å²) >= 11 is 0. The molecule has 1 saturated heterocycles. The van der Waals surface area contributed by atoms with E-state index in [4.69, 9.17) is 4.52 Å². The van der Waals surface area contributed by atoms with Crippen molar-refractivity contribution in [3.05, 3.63) is 59.9 Å². The summed E-state index contributed by atoms with van der Waals surface area (Å²) in [5.41, 5.74) is 3.30. The van der Waals surface area contributed by atoms with Gasteiger partial charge in [-0.3, -0.25) is 0 Å². The first-order chi connectivity index (χ1) is 15.3. The molecule has 7 heteroatoms. The lowest BCUT2D eigenvalue weighted by atomic mass is 10.1. The maximum Gasteiger partial charge on any atom is 0.279 e. The molecular weight excluding hydrogens is 388 g/mol. The molecule has 0 radical (unpaired) electrons. The molecule has 156 valence electrons. The van der Waals surface area contributed by atoms with E-state index in [-0.39, 0.29) is 0 Å². The topological polar surface area (TPSA) is 71.2 Å². The van der Waals surface area contributed by atoms with Crippen LogP contribution in [0.1, 0.15) is 30.1 Å². The van der Waals surface area contributed by atoms with Gasteiger partial charge in [-0.15, -0.1) is 10.2 Å². The van der Waals surface area contributed by atoms with Crippen molar-refractivity contribution in [2.45, 2.75) is 25.7 Å². The van der Waals surface area contributed by atoms with Crippen molar-refractivity contribution in [2.24, 2.45) is 0 Å². The van der Waals surface area contributed by atoms with Gasteiger partial charge in [0.05, 0.1) is 0 Å². The number of aromatic nitrogens is 4. The molecule has 6 rings (SSSR count). The fourth-order valence-electron chi connectivity index (χ4n) is 4.40. The van der Waals surface area contributed by atoms with Crippen LogP contribution < -0.4 is 9.80 Å². The van der Waals surface area contributed by atoms with Gasteiger partial charge in [0.25, 0.3) is 5.89 Å². The monoisotopic (exact) mass is 412 g/mol. The van der Waals surface area contributed by atoms with Crippen molar-refractivity contribution in [3.8, 4) is 11.6 Å². The van der Waals surface area contributed by atoms with Crippen LogP contribution in [0.25, 0.3) is 22.4 Å². The molecule has 2 aromatic heterocycles. The van der Waals surface area contributed by atoms with Crippen molar-refractivity contribution in [3.63, 3.8) is 0 Å². The van der Waals surface area contributed by atoms with Gasteiger partial charge >= 0.3 is 0 Å². The Morgan fingerprint density at radius 2 is 1.55 bits per heavy atom. The van der Waals surface area contributed by atoms with Gasteiger partial charge in [-0.05, 0) is 31.4 Å². The zero-order chi connectivity index (χ0) is 20.8. The van der Waals surface area contributed by atoms with Crippen molar-refractivity contribution >= 4 is 22.3 Å². The predicted molar refractivity (Wildman–Crippen MR) is 120 cm³/mol. The third kappa shape index (κ3) is 3.30. The van der Waals surface area contributed by atoms with Crippen molar-refractivity contribution in [2.75, 3.05) is 36.0 Å². The molecule has 2 aliphatic rings. The molecule has 4 aromatic rings. The van der Waals surface area contributed by atoms with Gasteiger partial charge in [0.2, 0.25) is 0 Å². The lowest BCUT2D eigenvalue weighted by Gasteiger charge is -2.37.